The maximum Gasteiger partial charge on any atom is 0.250 e. The number of nitrogens with zero attached hydrogens (tertiary/aromatic N) is 1. The molecule has 22 heavy (non-hydrogen) atoms. The van der Waals surface area contributed by atoms with E-state index in [0.717, 1.165) is 15.8 Å². The fourth-order valence-electron chi connectivity index (χ4n) is 1.63. The lowest BCUT2D eigenvalue weighted by Gasteiger charge is -2.03. The van der Waals surface area contributed by atoms with Crippen LogP contribution in [0.3, 0.4) is 0 Å². The normalized spacial score (nSPS) is 10.8. The average Bonchev–Trinajstić information content (AvgIpc) is 2.51. The van der Waals surface area contributed by atoms with Crippen LogP contribution in [0, 0.1) is 0 Å². The number of hydrogen-bond donors (Lipinski definition) is 1. The number of thioether (sulfide) groups is 1. The predicted molar refractivity (Wildman–Crippen MR) is 97.5 cm³/mol. The third-order valence-corrected chi connectivity index (χ3v) is 4.73. The summed E-state index contributed by atoms with van der Waals surface area (Å²) in [5.41, 5.74) is 4.56. The molecule has 0 unspecified atom stereocenters. The smallest absolute Gasteiger partial charge is 0.250 e. The van der Waals surface area contributed by atoms with Crippen LogP contribution in [-0.2, 0) is 10.5 Å². The second-order valence-corrected chi connectivity index (χ2v) is 6.71. The molecule has 0 aliphatic rings. The molecule has 0 aliphatic heterocycles. The first-order chi connectivity index (χ1) is 10.6. The molecule has 0 saturated carbocycles. The molecule has 0 heterocycles. The number of halogens is 2. The van der Waals surface area contributed by atoms with Crippen molar-refractivity contribution in [3.63, 3.8) is 0 Å². The van der Waals surface area contributed by atoms with Gasteiger partial charge in [-0.25, -0.2) is 5.43 Å². The fourth-order valence-corrected chi connectivity index (χ4v) is 3.19. The molecule has 2 aromatic carbocycles. The number of hydrogen-bond acceptors (Lipinski definition) is 3. The molecule has 0 saturated heterocycles. The molecule has 0 atom stereocenters. The van der Waals surface area contributed by atoms with Crippen molar-refractivity contribution in [1.29, 1.82) is 0 Å². The Hall–Kier alpha value is -1.30. The summed E-state index contributed by atoms with van der Waals surface area (Å²) in [6.45, 7) is 0. The van der Waals surface area contributed by atoms with E-state index in [9.17, 15) is 4.79 Å². The van der Waals surface area contributed by atoms with Gasteiger partial charge in [-0.1, -0.05) is 57.9 Å². The summed E-state index contributed by atoms with van der Waals surface area (Å²) < 4.78 is 1.06. The van der Waals surface area contributed by atoms with E-state index in [1.165, 1.54) is 5.56 Å². The molecule has 2 aromatic rings. The van der Waals surface area contributed by atoms with Crippen molar-refractivity contribution >= 4 is 51.4 Å². The lowest BCUT2D eigenvalue weighted by atomic mass is 10.2. The summed E-state index contributed by atoms with van der Waals surface area (Å²) >= 11 is 10.8. The van der Waals surface area contributed by atoms with Gasteiger partial charge in [-0.05, 0) is 29.3 Å². The molecule has 114 valence electrons. The van der Waals surface area contributed by atoms with E-state index in [-0.39, 0.29) is 5.91 Å². The van der Waals surface area contributed by atoms with Gasteiger partial charge < -0.3 is 0 Å². The van der Waals surface area contributed by atoms with Gasteiger partial charge in [0.25, 0.3) is 0 Å². The molecule has 0 radical (unpaired) electrons. The maximum atomic E-state index is 11.7. The van der Waals surface area contributed by atoms with Gasteiger partial charge in [-0.2, -0.15) is 5.10 Å². The van der Waals surface area contributed by atoms with Gasteiger partial charge in [-0.15, -0.1) is 11.8 Å². The van der Waals surface area contributed by atoms with Gasteiger partial charge in [0.1, 0.15) is 0 Å². The van der Waals surface area contributed by atoms with E-state index < -0.39 is 0 Å². The number of rotatable bonds is 6. The summed E-state index contributed by atoms with van der Waals surface area (Å²) in [4.78, 5) is 11.7. The number of carbonyl (C=O) groups excluding carboxylic acids is 1. The number of benzene rings is 2. The van der Waals surface area contributed by atoms with E-state index in [0.29, 0.717) is 10.8 Å². The molecule has 0 aliphatic carbocycles. The van der Waals surface area contributed by atoms with Gasteiger partial charge in [0.15, 0.2) is 0 Å². The van der Waals surface area contributed by atoms with Crippen molar-refractivity contribution in [3.8, 4) is 0 Å². The quantitative estimate of drug-likeness (QED) is 0.576. The molecule has 0 fully saturated rings. The van der Waals surface area contributed by atoms with Crippen molar-refractivity contribution in [2.75, 3.05) is 5.75 Å². The van der Waals surface area contributed by atoms with E-state index in [4.69, 9.17) is 11.6 Å². The Morgan fingerprint density at radius 1 is 1.23 bits per heavy atom. The van der Waals surface area contributed by atoms with Gasteiger partial charge in [0.05, 0.1) is 12.0 Å². The van der Waals surface area contributed by atoms with Crippen LogP contribution in [0.15, 0.2) is 58.1 Å². The Morgan fingerprint density at radius 3 is 2.68 bits per heavy atom. The van der Waals surface area contributed by atoms with E-state index >= 15 is 0 Å². The van der Waals surface area contributed by atoms with Crippen molar-refractivity contribution in [3.05, 3.63) is 69.2 Å². The van der Waals surface area contributed by atoms with Crippen LogP contribution < -0.4 is 5.43 Å². The zero-order valence-electron chi connectivity index (χ0n) is 11.6. The Balaban J connectivity index is 1.72. The van der Waals surface area contributed by atoms with Crippen LogP contribution in [0.25, 0.3) is 0 Å². The summed E-state index contributed by atoms with van der Waals surface area (Å²) in [6.07, 6.45) is 1.59. The maximum absolute atomic E-state index is 11.7. The van der Waals surface area contributed by atoms with E-state index in [1.807, 2.05) is 36.4 Å². The van der Waals surface area contributed by atoms with E-state index in [2.05, 4.69) is 26.5 Å². The van der Waals surface area contributed by atoms with Gasteiger partial charge in [-0.3, -0.25) is 4.79 Å². The topological polar surface area (TPSA) is 41.5 Å². The first kappa shape index (κ1) is 17.1. The summed E-state index contributed by atoms with van der Waals surface area (Å²) in [6, 6.07) is 15.2. The molecule has 2 rings (SSSR count). The third-order valence-electron chi connectivity index (χ3n) is 2.72. The Bertz CT molecular complexity index is 661. The largest absolute Gasteiger partial charge is 0.272 e. The molecule has 1 N–H and O–H groups in total. The molecule has 0 bridgehead atoms. The van der Waals surface area contributed by atoms with Crippen LogP contribution in [0.4, 0.5) is 0 Å². The summed E-state index contributed by atoms with van der Waals surface area (Å²) in [5.74, 6) is 1.01. The summed E-state index contributed by atoms with van der Waals surface area (Å²) in [7, 11) is 0. The third kappa shape index (κ3) is 5.83. The fraction of sp³-hybridized carbons (Fsp3) is 0.125. The van der Waals surface area contributed by atoms with Gasteiger partial charge >= 0.3 is 0 Å². The van der Waals surface area contributed by atoms with Crippen LogP contribution in [0.5, 0.6) is 0 Å². The van der Waals surface area contributed by atoms with E-state index in [1.54, 1.807) is 30.1 Å². The van der Waals surface area contributed by atoms with Crippen molar-refractivity contribution in [1.82, 2.24) is 5.43 Å². The second kappa shape index (κ2) is 8.98. The minimum Gasteiger partial charge on any atom is -0.272 e. The number of nitrogens with one attached hydrogen (secondary N) is 1. The predicted octanol–water partition coefficient (Wildman–Crippen LogP) is 4.49. The number of hydrazone groups is 1. The molecule has 0 spiro atoms. The highest BCUT2D eigenvalue weighted by atomic mass is 79.9. The molecule has 6 heteroatoms. The molecular weight excluding hydrogens is 384 g/mol. The van der Waals surface area contributed by atoms with Crippen LogP contribution in [0.1, 0.15) is 11.1 Å². The Labute approximate surface area is 147 Å². The number of carbonyl (C=O) groups is 1. The lowest BCUT2D eigenvalue weighted by Crippen LogP contribution is -2.19. The second-order valence-electron chi connectivity index (χ2n) is 4.43. The lowest BCUT2D eigenvalue weighted by molar-refractivity contribution is -0.118. The minimum atomic E-state index is -0.123. The monoisotopic (exact) mass is 396 g/mol. The van der Waals surface area contributed by atoms with Gasteiger partial charge in [0, 0.05) is 15.2 Å². The van der Waals surface area contributed by atoms with Crippen molar-refractivity contribution in [2.24, 2.45) is 5.10 Å². The van der Waals surface area contributed by atoms with Crippen LogP contribution in [-0.4, -0.2) is 17.9 Å². The molecule has 3 nitrogen and oxygen atoms in total. The average molecular weight is 398 g/mol. The SMILES string of the molecule is O=C(CSCc1ccccc1Br)N/N=C/c1ccc(Cl)cc1. The Kier molecular flexibility index (Phi) is 6.96. The molecule has 1 amide bonds. The van der Waals surface area contributed by atoms with Gasteiger partial charge in [0.2, 0.25) is 5.91 Å². The summed E-state index contributed by atoms with van der Waals surface area (Å²) in [5, 5.41) is 4.60. The van der Waals surface area contributed by atoms with Crippen LogP contribution >= 0.6 is 39.3 Å². The highest BCUT2D eigenvalue weighted by molar-refractivity contribution is 9.10. The van der Waals surface area contributed by atoms with Crippen molar-refractivity contribution in [2.45, 2.75) is 5.75 Å². The zero-order valence-corrected chi connectivity index (χ0v) is 14.8. The Morgan fingerprint density at radius 2 is 1.95 bits per heavy atom. The number of amides is 1. The standard InChI is InChI=1S/C16H14BrClN2OS/c17-15-4-2-1-3-13(15)10-22-11-16(21)20-19-9-12-5-7-14(18)8-6-12/h1-9H,10-11H2,(H,20,21)/b19-9+. The highest BCUT2D eigenvalue weighted by Gasteiger charge is 2.02. The zero-order chi connectivity index (χ0) is 15.8. The first-order valence-corrected chi connectivity index (χ1v) is 8.86. The minimum absolute atomic E-state index is 0.123. The highest BCUT2D eigenvalue weighted by Crippen LogP contribution is 2.21. The molecule has 0 aromatic heterocycles. The first-order valence-electron chi connectivity index (χ1n) is 6.54. The van der Waals surface area contributed by atoms with Crippen LogP contribution in [0.2, 0.25) is 5.02 Å². The molecular formula is C16H14BrClN2OS. The van der Waals surface area contributed by atoms with Crippen molar-refractivity contribution < 1.29 is 4.79 Å².